The van der Waals surface area contributed by atoms with Gasteiger partial charge in [0.2, 0.25) is 5.91 Å². The van der Waals surface area contributed by atoms with Gasteiger partial charge in [0.25, 0.3) is 0 Å². The van der Waals surface area contributed by atoms with Gasteiger partial charge in [-0.1, -0.05) is 31.5 Å². The van der Waals surface area contributed by atoms with Gasteiger partial charge in [0.05, 0.1) is 5.92 Å². The van der Waals surface area contributed by atoms with E-state index >= 15 is 0 Å². The van der Waals surface area contributed by atoms with Crippen molar-refractivity contribution in [2.75, 3.05) is 45.8 Å². The van der Waals surface area contributed by atoms with Gasteiger partial charge in [-0.15, -0.1) is 0 Å². The summed E-state index contributed by atoms with van der Waals surface area (Å²) in [6.07, 6.45) is 4.67. The minimum absolute atomic E-state index is 0.167. The van der Waals surface area contributed by atoms with Crippen LogP contribution in [-0.4, -0.2) is 71.0 Å². The number of unbranched alkanes of at least 4 members (excludes halogenated alkanes) is 1. The van der Waals surface area contributed by atoms with E-state index in [9.17, 15) is 4.79 Å². The van der Waals surface area contributed by atoms with E-state index in [0.29, 0.717) is 5.91 Å². The van der Waals surface area contributed by atoms with Crippen LogP contribution in [-0.2, 0) is 18.4 Å². The molecule has 1 aromatic heterocycles. The smallest absolute Gasteiger partial charge is 0.227 e. The van der Waals surface area contributed by atoms with Crippen LogP contribution in [0.3, 0.4) is 0 Å². The van der Waals surface area contributed by atoms with Gasteiger partial charge in [-0.05, 0) is 49.9 Å². The first-order chi connectivity index (χ1) is 14.2. The Morgan fingerprint density at radius 1 is 1.07 bits per heavy atom. The third-order valence-electron chi connectivity index (χ3n) is 6.80. The molecule has 0 aliphatic carbocycles. The molecular formula is C24H36N4O. The number of benzene rings is 1. The van der Waals surface area contributed by atoms with Crippen LogP contribution in [0.15, 0.2) is 30.3 Å². The molecule has 1 unspecified atom stereocenters. The highest BCUT2D eigenvalue weighted by Crippen LogP contribution is 2.24. The maximum Gasteiger partial charge on any atom is 0.227 e. The second kappa shape index (κ2) is 9.31. The molecule has 0 bridgehead atoms. The quantitative estimate of drug-likeness (QED) is 0.751. The topological polar surface area (TPSA) is 31.7 Å². The summed E-state index contributed by atoms with van der Waals surface area (Å²) < 4.78 is 2.30. The molecule has 2 fully saturated rings. The van der Waals surface area contributed by atoms with Crippen molar-refractivity contribution in [1.82, 2.24) is 19.3 Å². The number of para-hydroxylation sites is 1. The number of piperazine rings is 1. The molecule has 0 saturated carbocycles. The van der Waals surface area contributed by atoms with Gasteiger partial charge in [0.1, 0.15) is 0 Å². The van der Waals surface area contributed by atoms with Gasteiger partial charge >= 0.3 is 0 Å². The lowest BCUT2D eigenvalue weighted by Gasteiger charge is -2.39. The summed E-state index contributed by atoms with van der Waals surface area (Å²) in [4.78, 5) is 20.3. The largest absolute Gasteiger partial charge is 0.346 e. The van der Waals surface area contributed by atoms with Crippen molar-refractivity contribution in [3.05, 3.63) is 36.0 Å². The maximum absolute atomic E-state index is 13.2. The molecule has 2 aliphatic rings. The minimum Gasteiger partial charge on any atom is -0.346 e. The number of hydrogen-bond acceptors (Lipinski definition) is 3. The Kier molecular flexibility index (Phi) is 6.56. The van der Waals surface area contributed by atoms with Crippen molar-refractivity contribution in [2.45, 2.75) is 39.2 Å². The van der Waals surface area contributed by atoms with Crippen LogP contribution in [0.25, 0.3) is 10.9 Å². The molecule has 1 atom stereocenters. The van der Waals surface area contributed by atoms with Gasteiger partial charge in [0.15, 0.2) is 0 Å². The van der Waals surface area contributed by atoms with E-state index in [1.54, 1.807) is 0 Å². The fourth-order valence-electron chi connectivity index (χ4n) is 4.96. The third-order valence-corrected chi connectivity index (χ3v) is 6.80. The van der Waals surface area contributed by atoms with Crippen molar-refractivity contribution < 1.29 is 4.79 Å². The van der Waals surface area contributed by atoms with E-state index in [-0.39, 0.29) is 5.92 Å². The number of likely N-dealkylation sites (tertiary alicyclic amines) is 1. The summed E-state index contributed by atoms with van der Waals surface area (Å²) in [5.41, 5.74) is 2.62. The van der Waals surface area contributed by atoms with Crippen LogP contribution in [0, 0.1) is 5.92 Å². The number of carbonyl (C=O) groups excluding carboxylic acids is 1. The summed E-state index contributed by atoms with van der Waals surface area (Å²) >= 11 is 0. The van der Waals surface area contributed by atoms with E-state index < -0.39 is 0 Å². The van der Waals surface area contributed by atoms with Gasteiger partial charge in [-0.2, -0.15) is 0 Å². The normalized spacial score (nSPS) is 21.7. The van der Waals surface area contributed by atoms with Crippen molar-refractivity contribution in [3.63, 3.8) is 0 Å². The Morgan fingerprint density at radius 2 is 1.86 bits per heavy atom. The van der Waals surface area contributed by atoms with Crippen LogP contribution in [0.5, 0.6) is 0 Å². The van der Waals surface area contributed by atoms with E-state index in [4.69, 9.17) is 0 Å². The van der Waals surface area contributed by atoms with Crippen molar-refractivity contribution >= 4 is 16.8 Å². The zero-order valence-electron chi connectivity index (χ0n) is 18.1. The van der Waals surface area contributed by atoms with E-state index in [1.807, 2.05) is 0 Å². The summed E-state index contributed by atoms with van der Waals surface area (Å²) in [7, 11) is 2.16. The molecule has 5 heteroatoms. The Morgan fingerprint density at radius 3 is 2.62 bits per heavy atom. The molecule has 1 aromatic carbocycles. The molecular weight excluding hydrogens is 360 g/mol. The molecule has 2 aliphatic heterocycles. The number of fused-ring (bicyclic) bond motifs is 1. The summed E-state index contributed by atoms with van der Waals surface area (Å²) in [6.45, 7) is 10.2. The lowest BCUT2D eigenvalue weighted by atomic mass is 9.96. The van der Waals surface area contributed by atoms with Crippen LogP contribution in [0.2, 0.25) is 0 Å². The van der Waals surface area contributed by atoms with Crippen molar-refractivity contribution in [3.8, 4) is 0 Å². The number of piperidine rings is 1. The average Bonchev–Trinajstić information content (AvgIpc) is 3.08. The van der Waals surface area contributed by atoms with E-state index in [1.165, 1.54) is 36.0 Å². The maximum atomic E-state index is 13.2. The average molecular weight is 397 g/mol. The van der Waals surface area contributed by atoms with E-state index in [2.05, 4.69) is 63.6 Å². The molecule has 0 radical (unpaired) electrons. The SMILES string of the molecule is CCCCN1CCN(C(=O)C2CCCN(Cc3cc4ccccc4n3C)C2)CC1. The van der Waals surface area contributed by atoms with Crippen LogP contribution in [0.4, 0.5) is 0 Å². The molecule has 5 nitrogen and oxygen atoms in total. The molecule has 2 aromatic rings. The Labute approximate surface area is 175 Å². The number of hydrogen-bond donors (Lipinski definition) is 0. The lowest BCUT2D eigenvalue weighted by molar-refractivity contribution is -0.139. The zero-order valence-corrected chi connectivity index (χ0v) is 18.1. The van der Waals surface area contributed by atoms with Gasteiger partial charge < -0.3 is 9.47 Å². The predicted octanol–water partition coefficient (Wildman–Crippen LogP) is 3.33. The summed E-state index contributed by atoms with van der Waals surface area (Å²) in [5, 5.41) is 1.30. The number of amides is 1. The summed E-state index contributed by atoms with van der Waals surface area (Å²) in [6, 6.07) is 10.9. The summed E-state index contributed by atoms with van der Waals surface area (Å²) in [5.74, 6) is 0.558. The minimum atomic E-state index is 0.167. The first kappa shape index (κ1) is 20.4. The fraction of sp³-hybridized carbons (Fsp3) is 0.625. The first-order valence-electron chi connectivity index (χ1n) is 11.4. The number of rotatable bonds is 6. The molecule has 3 heterocycles. The highest BCUT2D eigenvalue weighted by atomic mass is 16.2. The molecule has 1 amide bonds. The number of aromatic nitrogens is 1. The van der Waals surface area contributed by atoms with Crippen LogP contribution < -0.4 is 0 Å². The molecule has 29 heavy (non-hydrogen) atoms. The highest BCUT2D eigenvalue weighted by molar-refractivity contribution is 5.81. The monoisotopic (exact) mass is 396 g/mol. The fourth-order valence-corrected chi connectivity index (χ4v) is 4.96. The first-order valence-corrected chi connectivity index (χ1v) is 11.4. The van der Waals surface area contributed by atoms with Gasteiger partial charge in [0, 0.05) is 57.5 Å². The second-order valence-electron chi connectivity index (χ2n) is 8.85. The molecule has 2 saturated heterocycles. The van der Waals surface area contributed by atoms with Crippen molar-refractivity contribution in [2.24, 2.45) is 13.0 Å². The highest BCUT2D eigenvalue weighted by Gasteiger charge is 2.31. The predicted molar refractivity (Wildman–Crippen MR) is 119 cm³/mol. The molecule has 0 spiro atoms. The van der Waals surface area contributed by atoms with Gasteiger partial charge in [-0.25, -0.2) is 0 Å². The number of nitrogens with zero attached hydrogens (tertiary/aromatic N) is 4. The lowest BCUT2D eigenvalue weighted by Crippen LogP contribution is -2.52. The second-order valence-corrected chi connectivity index (χ2v) is 8.85. The third kappa shape index (κ3) is 4.67. The standard InChI is InChI=1S/C24H36N4O/c1-3-4-11-26-13-15-28(16-14-26)24(29)21-9-7-12-27(18-21)19-22-17-20-8-5-6-10-23(20)25(22)2/h5-6,8,10,17,21H,3-4,7,9,11-16,18-19H2,1-2H3. The number of aryl methyl sites for hydroxylation is 1. The van der Waals surface area contributed by atoms with Crippen molar-refractivity contribution in [1.29, 1.82) is 0 Å². The Balaban J connectivity index is 1.33. The zero-order chi connectivity index (χ0) is 20.2. The van der Waals surface area contributed by atoms with Crippen LogP contribution >= 0.6 is 0 Å². The Bertz CT molecular complexity index is 821. The van der Waals surface area contributed by atoms with Crippen LogP contribution in [0.1, 0.15) is 38.3 Å². The Hall–Kier alpha value is -1.85. The molecule has 0 N–H and O–H groups in total. The van der Waals surface area contributed by atoms with E-state index in [0.717, 1.165) is 58.7 Å². The molecule has 158 valence electrons. The van der Waals surface area contributed by atoms with Gasteiger partial charge in [-0.3, -0.25) is 14.6 Å². The number of carbonyl (C=O) groups is 1. The molecule has 4 rings (SSSR count).